The Labute approximate surface area is 162 Å². The fourth-order valence-electron chi connectivity index (χ4n) is 3.10. The quantitative estimate of drug-likeness (QED) is 0.579. The predicted molar refractivity (Wildman–Crippen MR) is 109 cm³/mol. The van der Waals surface area contributed by atoms with E-state index in [4.69, 9.17) is 4.74 Å². The van der Waals surface area contributed by atoms with Crippen LogP contribution in [-0.2, 0) is 6.54 Å². The maximum Gasteiger partial charge on any atom is 0.352 e. The summed E-state index contributed by atoms with van der Waals surface area (Å²) < 4.78 is 8.12. The Morgan fingerprint density at radius 1 is 1.07 bits per heavy atom. The summed E-state index contributed by atoms with van der Waals surface area (Å²) >= 11 is 0. The maximum absolute atomic E-state index is 12.8. The van der Waals surface area contributed by atoms with Crippen LogP contribution in [-0.4, -0.2) is 26.3 Å². The molecule has 0 spiro atoms. The van der Waals surface area contributed by atoms with Gasteiger partial charge in [-0.3, -0.25) is 0 Å². The van der Waals surface area contributed by atoms with E-state index in [2.05, 4.69) is 15.4 Å². The van der Waals surface area contributed by atoms with Gasteiger partial charge in [0.1, 0.15) is 11.6 Å². The van der Waals surface area contributed by atoms with Crippen LogP contribution in [0.5, 0.6) is 5.75 Å². The van der Waals surface area contributed by atoms with Crippen molar-refractivity contribution < 1.29 is 4.74 Å². The Morgan fingerprint density at radius 2 is 1.82 bits per heavy atom. The number of ether oxygens (including phenoxy) is 1. The third-order valence-corrected chi connectivity index (χ3v) is 4.64. The second-order valence-corrected chi connectivity index (χ2v) is 6.65. The maximum atomic E-state index is 12.8. The van der Waals surface area contributed by atoms with E-state index in [-0.39, 0.29) is 5.69 Å². The van der Waals surface area contributed by atoms with E-state index in [0.29, 0.717) is 18.1 Å². The van der Waals surface area contributed by atoms with Gasteiger partial charge >= 0.3 is 5.69 Å². The number of nitrogens with zero attached hydrogens (tertiary/aromatic N) is 4. The molecule has 0 saturated carbocycles. The van der Waals surface area contributed by atoms with E-state index in [0.717, 1.165) is 28.3 Å². The molecule has 4 rings (SSSR count). The van der Waals surface area contributed by atoms with Crippen LogP contribution in [0.4, 0.5) is 11.5 Å². The van der Waals surface area contributed by atoms with Gasteiger partial charge in [0.05, 0.1) is 13.7 Å². The monoisotopic (exact) mass is 375 g/mol. The molecule has 0 bridgehead atoms. The lowest BCUT2D eigenvalue weighted by molar-refractivity contribution is 0.414. The van der Waals surface area contributed by atoms with E-state index >= 15 is 0 Å². The van der Waals surface area contributed by atoms with Crippen molar-refractivity contribution in [1.82, 2.24) is 19.2 Å². The van der Waals surface area contributed by atoms with Gasteiger partial charge in [-0.15, -0.1) is 5.10 Å². The number of nitrogens with one attached hydrogen (secondary N) is 1. The number of rotatable bonds is 5. The molecule has 0 aliphatic rings. The molecule has 0 amide bonds. The van der Waals surface area contributed by atoms with Crippen molar-refractivity contribution in [2.45, 2.75) is 20.4 Å². The van der Waals surface area contributed by atoms with E-state index < -0.39 is 0 Å². The van der Waals surface area contributed by atoms with Crippen LogP contribution in [0.25, 0.3) is 5.78 Å². The second-order valence-electron chi connectivity index (χ2n) is 6.65. The fraction of sp³-hybridized carbons (Fsp3) is 0.190. The van der Waals surface area contributed by atoms with Crippen LogP contribution in [0.3, 0.4) is 0 Å². The van der Waals surface area contributed by atoms with Gasteiger partial charge in [0.2, 0.25) is 0 Å². The number of methoxy groups -OCH3 is 1. The summed E-state index contributed by atoms with van der Waals surface area (Å²) in [6, 6.07) is 17.4. The summed E-state index contributed by atoms with van der Waals surface area (Å²) in [5, 5.41) is 7.73. The van der Waals surface area contributed by atoms with Crippen molar-refractivity contribution in [3.05, 3.63) is 81.9 Å². The number of para-hydroxylation sites is 1. The van der Waals surface area contributed by atoms with Crippen molar-refractivity contribution >= 4 is 17.3 Å². The highest BCUT2D eigenvalue weighted by molar-refractivity contribution is 5.61. The Hall–Kier alpha value is -3.61. The lowest BCUT2D eigenvalue weighted by atomic mass is 10.2. The van der Waals surface area contributed by atoms with Gasteiger partial charge in [-0.25, -0.2) is 13.9 Å². The van der Waals surface area contributed by atoms with Crippen molar-refractivity contribution in [3.8, 4) is 5.75 Å². The van der Waals surface area contributed by atoms with Gasteiger partial charge in [-0.1, -0.05) is 30.3 Å². The minimum atomic E-state index is -0.210. The highest BCUT2D eigenvalue weighted by Gasteiger charge is 2.13. The molecule has 0 fully saturated rings. The molecule has 142 valence electrons. The molecule has 0 aliphatic carbocycles. The van der Waals surface area contributed by atoms with Crippen molar-refractivity contribution in [2.24, 2.45) is 0 Å². The zero-order chi connectivity index (χ0) is 19.7. The van der Waals surface area contributed by atoms with Crippen LogP contribution in [0.2, 0.25) is 0 Å². The fourth-order valence-corrected chi connectivity index (χ4v) is 3.10. The molecule has 2 heterocycles. The standard InChI is InChI=1S/C21H21N5O2/c1-14-6-4-5-7-18(14)22-19-12-15(2)26-20(23-19)24-25(21(26)27)13-16-8-10-17(28-3)11-9-16/h4-12H,13H2,1-3H3,(H,22,23,24). The third-order valence-electron chi connectivity index (χ3n) is 4.64. The number of hydrogen-bond acceptors (Lipinski definition) is 5. The smallest absolute Gasteiger partial charge is 0.352 e. The highest BCUT2D eigenvalue weighted by atomic mass is 16.5. The predicted octanol–water partition coefficient (Wildman–Crippen LogP) is 3.31. The number of hydrogen-bond donors (Lipinski definition) is 1. The van der Waals surface area contributed by atoms with E-state index in [1.54, 1.807) is 7.11 Å². The summed E-state index contributed by atoms with van der Waals surface area (Å²) in [4.78, 5) is 17.3. The number of aryl methyl sites for hydroxylation is 2. The zero-order valence-electron chi connectivity index (χ0n) is 16.0. The van der Waals surface area contributed by atoms with Gasteiger partial charge in [0.25, 0.3) is 5.78 Å². The average Bonchev–Trinajstić information content (AvgIpc) is 3.00. The number of aromatic nitrogens is 4. The molecule has 7 heteroatoms. The van der Waals surface area contributed by atoms with Crippen LogP contribution in [0.15, 0.2) is 59.4 Å². The molecular formula is C21H21N5O2. The molecule has 1 N–H and O–H groups in total. The van der Waals surface area contributed by atoms with Gasteiger partial charge in [-0.05, 0) is 43.2 Å². The van der Waals surface area contributed by atoms with Gasteiger partial charge in [0.15, 0.2) is 0 Å². The summed E-state index contributed by atoms with van der Waals surface area (Å²) in [6.45, 7) is 4.27. The van der Waals surface area contributed by atoms with E-state index in [1.165, 1.54) is 9.08 Å². The second kappa shape index (κ2) is 7.19. The highest BCUT2D eigenvalue weighted by Crippen LogP contribution is 2.19. The SMILES string of the molecule is COc1ccc(Cn2nc3nc(Nc4ccccc4C)cc(C)n3c2=O)cc1. The molecule has 0 unspecified atom stereocenters. The molecule has 4 aromatic rings. The van der Waals surface area contributed by atoms with Crippen LogP contribution in [0, 0.1) is 13.8 Å². The molecule has 28 heavy (non-hydrogen) atoms. The topological polar surface area (TPSA) is 73.4 Å². The molecule has 2 aromatic heterocycles. The van der Waals surface area contributed by atoms with Gasteiger partial charge in [0, 0.05) is 17.4 Å². The molecular weight excluding hydrogens is 354 g/mol. The Morgan fingerprint density at radius 3 is 2.54 bits per heavy atom. The average molecular weight is 375 g/mol. The minimum absolute atomic E-state index is 0.210. The van der Waals surface area contributed by atoms with Gasteiger partial charge < -0.3 is 10.1 Å². The Kier molecular flexibility index (Phi) is 4.57. The van der Waals surface area contributed by atoms with Crippen LogP contribution >= 0.6 is 0 Å². The zero-order valence-corrected chi connectivity index (χ0v) is 16.0. The third kappa shape index (κ3) is 3.34. The largest absolute Gasteiger partial charge is 0.497 e. The molecule has 0 aliphatic heterocycles. The molecule has 0 saturated heterocycles. The Bertz CT molecular complexity index is 1190. The molecule has 2 aromatic carbocycles. The normalized spacial score (nSPS) is 11.0. The van der Waals surface area contributed by atoms with Crippen LogP contribution in [0.1, 0.15) is 16.8 Å². The summed E-state index contributed by atoms with van der Waals surface area (Å²) in [5.74, 6) is 1.80. The first-order valence-electron chi connectivity index (χ1n) is 8.98. The summed E-state index contributed by atoms with van der Waals surface area (Å²) in [6.07, 6.45) is 0. The number of anilines is 2. The Balaban J connectivity index is 1.68. The molecule has 7 nitrogen and oxygen atoms in total. The number of fused-ring (bicyclic) bond motifs is 1. The van der Waals surface area contributed by atoms with E-state index in [1.807, 2.05) is 68.4 Å². The number of benzene rings is 2. The summed E-state index contributed by atoms with van der Waals surface area (Å²) in [5.41, 5.74) is 3.61. The first-order valence-corrected chi connectivity index (χ1v) is 8.98. The lowest BCUT2D eigenvalue weighted by Crippen LogP contribution is -2.22. The van der Waals surface area contributed by atoms with Crippen LogP contribution < -0.4 is 15.7 Å². The van der Waals surface area contributed by atoms with Crippen molar-refractivity contribution in [1.29, 1.82) is 0 Å². The lowest BCUT2D eigenvalue weighted by Gasteiger charge is -2.09. The molecule has 0 atom stereocenters. The van der Waals surface area contributed by atoms with Crippen molar-refractivity contribution in [3.63, 3.8) is 0 Å². The first-order chi connectivity index (χ1) is 13.5. The first kappa shape index (κ1) is 17.8. The van der Waals surface area contributed by atoms with E-state index in [9.17, 15) is 4.79 Å². The van der Waals surface area contributed by atoms with Crippen molar-refractivity contribution in [2.75, 3.05) is 12.4 Å². The van der Waals surface area contributed by atoms with Gasteiger partial charge in [-0.2, -0.15) is 4.98 Å². The summed E-state index contributed by atoms with van der Waals surface area (Å²) in [7, 11) is 1.62. The molecule has 0 radical (unpaired) electrons. The minimum Gasteiger partial charge on any atom is -0.497 e.